The van der Waals surface area contributed by atoms with Gasteiger partial charge in [-0.15, -0.1) is 0 Å². The van der Waals surface area contributed by atoms with Gasteiger partial charge in [0.05, 0.1) is 5.02 Å². The Kier molecular flexibility index (Phi) is 3.91. The lowest BCUT2D eigenvalue weighted by Gasteiger charge is -2.17. The number of alkyl halides is 1. The molecule has 16 heavy (non-hydrogen) atoms. The number of halogens is 3. The molecule has 1 fully saturated rings. The van der Waals surface area contributed by atoms with Gasteiger partial charge in [0.15, 0.2) is 0 Å². The molecule has 2 rings (SSSR count). The van der Waals surface area contributed by atoms with E-state index in [9.17, 15) is 4.39 Å². The molecule has 0 N–H and O–H groups in total. The van der Waals surface area contributed by atoms with Gasteiger partial charge in [0, 0.05) is 4.83 Å². The Morgan fingerprint density at radius 3 is 2.81 bits per heavy atom. The fourth-order valence-corrected chi connectivity index (χ4v) is 3.36. The molecule has 88 valence electrons. The summed E-state index contributed by atoms with van der Waals surface area (Å²) in [6.45, 7) is 2.24. The maximum Gasteiger partial charge on any atom is 0.144 e. The molecule has 0 nitrogen and oxygen atoms in total. The average Bonchev–Trinajstić information content (AvgIpc) is 2.57. The van der Waals surface area contributed by atoms with Crippen molar-refractivity contribution in [3.63, 3.8) is 0 Å². The third-order valence-corrected chi connectivity index (χ3v) is 5.22. The van der Waals surface area contributed by atoms with Gasteiger partial charge in [-0.25, -0.2) is 4.39 Å². The second-order valence-electron chi connectivity index (χ2n) is 4.63. The summed E-state index contributed by atoms with van der Waals surface area (Å²) in [6.07, 6.45) is 3.16. The highest BCUT2D eigenvalue weighted by atomic mass is 79.9. The Morgan fingerprint density at radius 2 is 2.19 bits per heavy atom. The summed E-state index contributed by atoms with van der Waals surface area (Å²) in [6, 6.07) is 5.27. The summed E-state index contributed by atoms with van der Waals surface area (Å²) in [5.74, 6) is 0.935. The Balaban J connectivity index is 2.12. The summed E-state index contributed by atoms with van der Waals surface area (Å²) in [5, 5.41) is 0.235. The lowest BCUT2D eigenvalue weighted by Crippen LogP contribution is -2.13. The first-order chi connectivity index (χ1) is 7.59. The molecule has 0 aliphatic heterocycles. The molecule has 1 saturated carbocycles. The molecule has 0 amide bonds. The molecule has 0 saturated heterocycles. The molecule has 1 aromatic carbocycles. The monoisotopic (exact) mass is 304 g/mol. The summed E-state index contributed by atoms with van der Waals surface area (Å²) in [7, 11) is 0. The Labute approximate surface area is 109 Å². The van der Waals surface area contributed by atoms with Crippen LogP contribution in [0.3, 0.4) is 0 Å². The van der Waals surface area contributed by atoms with Crippen LogP contribution in [0.2, 0.25) is 5.02 Å². The van der Waals surface area contributed by atoms with E-state index >= 15 is 0 Å². The van der Waals surface area contributed by atoms with Gasteiger partial charge in [-0.3, -0.25) is 0 Å². The normalized spacial score (nSPS) is 29.6. The predicted molar refractivity (Wildman–Crippen MR) is 69.7 cm³/mol. The SMILES string of the molecule is CC1C(Br)CCC1Cc1cccc(Cl)c1F. The first kappa shape index (κ1) is 12.4. The van der Waals surface area contributed by atoms with Crippen LogP contribution in [0.25, 0.3) is 0 Å². The number of hydrogen-bond acceptors (Lipinski definition) is 0. The molecule has 0 heterocycles. The number of benzene rings is 1. The Hall–Kier alpha value is -0.0800. The lowest BCUT2D eigenvalue weighted by atomic mass is 9.91. The minimum atomic E-state index is -0.241. The molecule has 0 aromatic heterocycles. The van der Waals surface area contributed by atoms with Gasteiger partial charge in [0.25, 0.3) is 0 Å². The highest BCUT2D eigenvalue weighted by molar-refractivity contribution is 9.09. The minimum Gasteiger partial charge on any atom is -0.205 e. The van der Waals surface area contributed by atoms with Crippen LogP contribution in [-0.2, 0) is 6.42 Å². The molecule has 3 heteroatoms. The maximum absolute atomic E-state index is 13.7. The fraction of sp³-hybridized carbons (Fsp3) is 0.538. The van der Waals surface area contributed by atoms with Crippen molar-refractivity contribution in [2.45, 2.75) is 31.0 Å². The molecule has 1 aromatic rings. The van der Waals surface area contributed by atoms with E-state index in [2.05, 4.69) is 22.9 Å². The van der Waals surface area contributed by atoms with E-state index in [1.807, 2.05) is 12.1 Å². The summed E-state index contributed by atoms with van der Waals surface area (Å²) in [5.41, 5.74) is 0.756. The van der Waals surface area contributed by atoms with Gasteiger partial charge >= 0.3 is 0 Å². The first-order valence-electron chi connectivity index (χ1n) is 5.66. The largest absolute Gasteiger partial charge is 0.205 e. The van der Waals surface area contributed by atoms with Gasteiger partial charge in [-0.05, 0) is 42.7 Å². The van der Waals surface area contributed by atoms with Gasteiger partial charge in [0.1, 0.15) is 5.82 Å². The van der Waals surface area contributed by atoms with Gasteiger partial charge in [0.2, 0.25) is 0 Å². The standard InChI is InChI=1S/C13H15BrClF/c1-8-9(5-6-11(8)14)7-10-3-2-4-12(15)13(10)16/h2-4,8-9,11H,5-7H2,1H3. The van der Waals surface area contributed by atoms with Gasteiger partial charge < -0.3 is 0 Å². The summed E-state index contributed by atoms with van der Waals surface area (Å²) >= 11 is 9.45. The topological polar surface area (TPSA) is 0 Å². The van der Waals surface area contributed by atoms with Crippen LogP contribution in [0.4, 0.5) is 4.39 Å². The van der Waals surface area contributed by atoms with Gasteiger partial charge in [-0.2, -0.15) is 0 Å². The van der Waals surface area contributed by atoms with Crippen LogP contribution in [0.15, 0.2) is 18.2 Å². The lowest BCUT2D eigenvalue weighted by molar-refractivity contribution is 0.416. The second kappa shape index (κ2) is 5.05. The smallest absolute Gasteiger partial charge is 0.144 e. The van der Waals surface area contributed by atoms with Crippen LogP contribution < -0.4 is 0 Å². The van der Waals surface area contributed by atoms with E-state index in [1.165, 1.54) is 12.8 Å². The van der Waals surface area contributed by atoms with E-state index < -0.39 is 0 Å². The minimum absolute atomic E-state index is 0.235. The van der Waals surface area contributed by atoms with Crippen molar-refractivity contribution < 1.29 is 4.39 Å². The molecule has 0 spiro atoms. The van der Waals surface area contributed by atoms with Crippen molar-refractivity contribution >= 4 is 27.5 Å². The third kappa shape index (κ3) is 2.43. The van der Waals surface area contributed by atoms with Crippen molar-refractivity contribution in [2.24, 2.45) is 11.8 Å². The van der Waals surface area contributed by atoms with Crippen molar-refractivity contribution in [2.75, 3.05) is 0 Å². The Bertz CT molecular complexity index is 380. The maximum atomic E-state index is 13.7. The van der Waals surface area contributed by atoms with E-state index in [0.717, 1.165) is 12.0 Å². The van der Waals surface area contributed by atoms with Crippen molar-refractivity contribution in [3.8, 4) is 0 Å². The highest BCUT2D eigenvalue weighted by Crippen LogP contribution is 2.38. The number of rotatable bonds is 2. The van der Waals surface area contributed by atoms with Crippen molar-refractivity contribution in [3.05, 3.63) is 34.6 Å². The zero-order valence-corrected chi connectivity index (χ0v) is 11.6. The van der Waals surface area contributed by atoms with Crippen LogP contribution >= 0.6 is 27.5 Å². The van der Waals surface area contributed by atoms with E-state index in [1.54, 1.807) is 6.07 Å². The highest BCUT2D eigenvalue weighted by Gasteiger charge is 2.31. The third-order valence-electron chi connectivity index (χ3n) is 3.64. The van der Waals surface area contributed by atoms with Crippen LogP contribution in [-0.4, -0.2) is 4.83 Å². The molecule has 0 bridgehead atoms. The molecule has 0 radical (unpaired) electrons. The van der Waals surface area contributed by atoms with Crippen LogP contribution in [0.1, 0.15) is 25.3 Å². The quantitative estimate of drug-likeness (QED) is 0.686. The predicted octanol–water partition coefficient (Wildman–Crippen LogP) is 4.83. The molecule has 3 unspecified atom stereocenters. The van der Waals surface area contributed by atoms with Crippen molar-refractivity contribution in [1.82, 2.24) is 0 Å². The fourth-order valence-electron chi connectivity index (χ4n) is 2.47. The summed E-state index contributed by atoms with van der Waals surface area (Å²) < 4.78 is 13.7. The van der Waals surface area contributed by atoms with Crippen LogP contribution in [0, 0.1) is 17.7 Å². The average molecular weight is 306 g/mol. The van der Waals surface area contributed by atoms with E-state index in [-0.39, 0.29) is 10.8 Å². The zero-order chi connectivity index (χ0) is 11.7. The van der Waals surface area contributed by atoms with E-state index in [4.69, 9.17) is 11.6 Å². The molecular formula is C13H15BrClF. The first-order valence-corrected chi connectivity index (χ1v) is 6.96. The van der Waals surface area contributed by atoms with E-state index in [0.29, 0.717) is 16.7 Å². The zero-order valence-electron chi connectivity index (χ0n) is 9.22. The van der Waals surface area contributed by atoms with Gasteiger partial charge in [-0.1, -0.05) is 46.6 Å². The molecule has 1 aliphatic carbocycles. The van der Waals surface area contributed by atoms with Crippen molar-refractivity contribution in [1.29, 1.82) is 0 Å². The number of hydrogen-bond donors (Lipinski definition) is 0. The molecule has 1 aliphatic rings. The molecular weight excluding hydrogens is 290 g/mol. The molecule has 3 atom stereocenters. The van der Waals surface area contributed by atoms with Crippen LogP contribution in [0.5, 0.6) is 0 Å². The second-order valence-corrected chi connectivity index (χ2v) is 6.21. The Morgan fingerprint density at radius 1 is 1.44 bits per heavy atom. The summed E-state index contributed by atoms with van der Waals surface area (Å²) in [4.78, 5) is 0.583.